The largest absolute Gasteiger partial charge is 0.457 e. The summed E-state index contributed by atoms with van der Waals surface area (Å²) in [5.74, 6) is -1.82. The molecule has 0 radical (unpaired) electrons. The Balaban J connectivity index is 3.79. The zero-order valence-corrected chi connectivity index (χ0v) is 9.25. The van der Waals surface area contributed by atoms with Crippen molar-refractivity contribution in [1.29, 1.82) is 0 Å². The minimum atomic E-state index is -0.909. The molecule has 0 aliphatic heterocycles. The minimum absolute atomic E-state index is 0.138. The Morgan fingerprint density at radius 3 is 2.00 bits per heavy atom. The Labute approximate surface area is 84.6 Å². The average molecular weight is 202 g/mol. The molecule has 0 aliphatic rings. The van der Waals surface area contributed by atoms with E-state index in [4.69, 9.17) is 4.74 Å². The second-order valence-corrected chi connectivity index (χ2v) is 4.27. The van der Waals surface area contributed by atoms with Crippen molar-refractivity contribution < 1.29 is 19.1 Å². The fourth-order valence-corrected chi connectivity index (χ4v) is 0.595. The molecule has 0 saturated carbocycles. The van der Waals surface area contributed by atoms with Gasteiger partial charge in [-0.1, -0.05) is 27.7 Å². The van der Waals surface area contributed by atoms with E-state index in [1.54, 1.807) is 0 Å². The van der Waals surface area contributed by atoms with Crippen LogP contribution in [-0.2, 0) is 19.1 Å². The molecule has 0 atom stereocenters. The van der Waals surface area contributed by atoms with Crippen molar-refractivity contribution in [1.82, 2.24) is 0 Å². The van der Waals surface area contributed by atoms with Crippen LogP contribution in [0.15, 0.2) is 0 Å². The van der Waals surface area contributed by atoms with Crippen LogP contribution in [0.1, 0.15) is 34.1 Å². The average Bonchev–Trinajstić information content (AvgIpc) is 2.09. The van der Waals surface area contributed by atoms with Gasteiger partial charge in [0.05, 0.1) is 13.2 Å². The van der Waals surface area contributed by atoms with Gasteiger partial charge in [-0.05, 0) is 11.8 Å². The van der Waals surface area contributed by atoms with Crippen molar-refractivity contribution in [2.75, 3.05) is 13.2 Å². The van der Waals surface area contributed by atoms with E-state index in [1.165, 1.54) is 0 Å². The van der Waals surface area contributed by atoms with Gasteiger partial charge in [-0.3, -0.25) is 0 Å². The van der Waals surface area contributed by atoms with Gasteiger partial charge in [-0.2, -0.15) is 0 Å². The highest BCUT2D eigenvalue weighted by molar-refractivity contribution is 6.29. The number of ether oxygens (including phenoxy) is 2. The summed E-state index contributed by atoms with van der Waals surface area (Å²) in [5.41, 5.74) is -0.138. The fourth-order valence-electron chi connectivity index (χ4n) is 0.595. The van der Waals surface area contributed by atoms with Gasteiger partial charge in [0.2, 0.25) is 0 Å². The maximum Gasteiger partial charge on any atom is 0.417 e. The Morgan fingerprint density at radius 1 is 1.07 bits per heavy atom. The SMILES string of the molecule is CCCOC(=O)C(=O)OCC(C)(C)C. The summed E-state index contributed by atoms with van der Waals surface area (Å²) < 4.78 is 9.36. The van der Waals surface area contributed by atoms with Crippen LogP contribution in [-0.4, -0.2) is 25.2 Å². The van der Waals surface area contributed by atoms with Crippen LogP contribution in [0.5, 0.6) is 0 Å². The Morgan fingerprint density at radius 2 is 1.57 bits per heavy atom. The van der Waals surface area contributed by atoms with Crippen LogP contribution in [0.2, 0.25) is 0 Å². The predicted octanol–water partition coefficient (Wildman–Crippen LogP) is 1.53. The number of carbonyl (C=O) groups is 2. The van der Waals surface area contributed by atoms with E-state index in [1.807, 2.05) is 27.7 Å². The first-order valence-electron chi connectivity index (χ1n) is 4.70. The van der Waals surface area contributed by atoms with Crippen molar-refractivity contribution in [3.8, 4) is 0 Å². The summed E-state index contributed by atoms with van der Waals surface area (Å²) in [7, 11) is 0. The minimum Gasteiger partial charge on any atom is -0.457 e. The van der Waals surface area contributed by atoms with Crippen LogP contribution in [0.25, 0.3) is 0 Å². The third kappa shape index (κ3) is 6.46. The first kappa shape index (κ1) is 12.9. The monoisotopic (exact) mass is 202 g/mol. The van der Waals surface area contributed by atoms with E-state index in [9.17, 15) is 9.59 Å². The zero-order chi connectivity index (χ0) is 11.2. The number of hydrogen-bond acceptors (Lipinski definition) is 4. The van der Waals surface area contributed by atoms with E-state index >= 15 is 0 Å². The Hall–Kier alpha value is -1.06. The van der Waals surface area contributed by atoms with Crippen LogP contribution >= 0.6 is 0 Å². The molecular weight excluding hydrogens is 184 g/mol. The van der Waals surface area contributed by atoms with Crippen LogP contribution in [0.4, 0.5) is 0 Å². The molecule has 0 N–H and O–H groups in total. The predicted molar refractivity (Wildman–Crippen MR) is 51.7 cm³/mol. The molecule has 4 nitrogen and oxygen atoms in total. The highest BCUT2D eigenvalue weighted by atomic mass is 16.6. The second kappa shape index (κ2) is 5.62. The molecule has 0 aromatic heterocycles. The zero-order valence-electron chi connectivity index (χ0n) is 9.25. The van der Waals surface area contributed by atoms with Crippen molar-refractivity contribution in [3.63, 3.8) is 0 Å². The fraction of sp³-hybridized carbons (Fsp3) is 0.800. The molecule has 0 bridgehead atoms. The molecule has 0 aromatic rings. The summed E-state index contributed by atoms with van der Waals surface area (Å²) in [6.07, 6.45) is 0.693. The molecule has 0 fully saturated rings. The topological polar surface area (TPSA) is 52.6 Å². The molecule has 0 aliphatic carbocycles. The van der Waals surface area contributed by atoms with Gasteiger partial charge in [0.1, 0.15) is 0 Å². The highest BCUT2D eigenvalue weighted by Gasteiger charge is 2.20. The van der Waals surface area contributed by atoms with Gasteiger partial charge in [0, 0.05) is 0 Å². The third-order valence-electron chi connectivity index (χ3n) is 1.24. The molecule has 14 heavy (non-hydrogen) atoms. The van der Waals surface area contributed by atoms with E-state index in [0.29, 0.717) is 6.42 Å². The first-order valence-corrected chi connectivity index (χ1v) is 4.70. The van der Waals surface area contributed by atoms with Crippen LogP contribution < -0.4 is 0 Å². The Kier molecular flexibility index (Phi) is 5.20. The number of esters is 2. The van der Waals surface area contributed by atoms with Crippen molar-refractivity contribution in [3.05, 3.63) is 0 Å². The number of hydrogen-bond donors (Lipinski definition) is 0. The molecule has 0 spiro atoms. The third-order valence-corrected chi connectivity index (χ3v) is 1.24. The van der Waals surface area contributed by atoms with E-state index in [0.717, 1.165) is 0 Å². The Bertz CT molecular complexity index is 203. The second-order valence-electron chi connectivity index (χ2n) is 4.27. The summed E-state index contributed by atoms with van der Waals surface area (Å²) in [5, 5.41) is 0. The van der Waals surface area contributed by atoms with E-state index < -0.39 is 11.9 Å². The molecule has 82 valence electrons. The number of rotatable bonds is 3. The normalized spacial score (nSPS) is 10.9. The maximum absolute atomic E-state index is 11.0. The van der Waals surface area contributed by atoms with Crippen molar-refractivity contribution in [2.45, 2.75) is 34.1 Å². The molecule has 0 heterocycles. The van der Waals surface area contributed by atoms with Crippen molar-refractivity contribution >= 4 is 11.9 Å². The molecule has 0 aromatic carbocycles. The van der Waals surface area contributed by atoms with Crippen LogP contribution in [0, 0.1) is 5.41 Å². The summed E-state index contributed by atoms with van der Waals surface area (Å²) >= 11 is 0. The van der Waals surface area contributed by atoms with Gasteiger partial charge in [0.25, 0.3) is 0 Å². The van der Waals surface area contributed by atoms with Gasteiger partial charge >= 0.3 is 11.9 Å². The lowest BCUT2D eigenvalue weighted by Crippen LogP contribution is -2.25. The molecule has 0 amide bonds. The van der Waals surface area contributed by atoms with E-state index in [-0.39, 0.29) is 18.6 Å². The summed E-state index contributed by atoms with van der Waals surface area (Å²) in [6.45, 7) is 8.07. The standard InChI is InChI=1S/C10H18O4/c1-5-6-13-8(11)9(12)14-7-10(2,3)4/h5-7H2,1-4H3. The van der Waals surface area contributed by atoms with Gasteiger partial charge in [-0.15, -0.1) is 0 Å². The lowest BCUT2D eigenvalue weighted by Gasteiger charge is -2.17. The maximum atomic E-state index is 11.0. The molecule has 0 unspecified atom stereocenters. The van der Waals surface area contributed by atoms with Gasteiger partial charge in [-0.25, -0.2) is 9.59 Å². The van der Waals surface area contributed by atoms with Gasteiger partial charge < -0.3 is 9.47 Å². The first-order chi connectivity index (χ1) is 6.37. The van der Waals surface area contributed by atoms with Crippen LogP contribution in [0.3, 0.4) is 0 Å². The highest BCUT2D eigenvalue weighted by Crippen LogP contribution is 2.12. The molecule has 4 heteroatoms. The van der Waals surface area contributed by atoms with Crippen molar-refractivity contribution in [2.24, 2.45) is 5.41 Å². The summed E-state index contributed by atoms with van der Waals surface area (Å²) in [6, 6.07) is 0. The lowest BCUT2D eigenvalue weighted by molar-refractivity contribution is -0.169. The molecule has 0 rings (SSSR count). The lowest BCUT2D eigenvalue weighted by atomic mass is 9.99. The molecular formula is C10H18O4. The summed E-state index contributed by atoms with van der Waals surface area (Å²) in [4.78, 5) is 21.9. The molecule has 0 saturated heterocycles. The quantitative estimate of drug-likeness (QED) is 0.514. The van der Waals surface area contributed by atoms with E-state index in [2.05, 4.69) is 4.74 Å². The van der Waals surface area contributed by atoms with Gasteiger partial charge in [0.15, 0.2) is 0 Å². The number of carbonyl (C=O) groups excluding carboxylic acids is 2. The smallest absolute Gasteiger partial charge is 0.417 e.